The summed E-state index contributed by atoms with van der Waals surface area (Å²) in [7, 11) is 0. The zero-order valence-corrected chi connectivity index (χ0v) is 35.4. The molecular weight excluding hydrogens is 625 g/mol. The third-order valence-electron chi connectivity index (χ3n) is 11.7. The van der Waals surface area contributed by atoms with E-state index >= 15 is 0 Å². The average molecular weight is 721 g/mol. The summed E-state index contributed by atoms with van der Waals surface area (Å²) in [5.74, 6) is -0.693. The van der Waals surface area contributed by atoms with E-state index in [1.807, 2.05) is 0 Å². The summed E-state index contributed by atoms with van der Waals surface area (Å²) >= 11 is 0. The summed E-state index contributed by atoms with van der Waals surface area (Å²) in [4.78, 5) is 11.8. The van der Waals surface area contributed by atoms with Crippen LogP contribution in [0.25, 0.3) is 0 Å². The Balaban J connectivity index is 3.35. The second-order valence-corrected chi connectivity index (χ2v) is 16.9. The number of hydrogen-bond acceptors (Lipinski definition) is 2. The van der Waals surface area contributed by atoms with Crippen molar-refractivity contribution in [2.45, 2.75) is 296 Å². The zero-order valence-electron chi connectivity index (χ0n) is 35.4. The molecule has 0 aliphatic carbocycles. The number of carbonyl (C=O) groups is 1. The Morgan fingerprint density at radius 1 is 0.314 bits per heavy atom. The highest BCUT2D eigenvalue weighted by Gasteiger charge is 2.16. The first kappa shape index (κ1) is 50.4. The molecule has 0 spiro atoms. The van der Waals surface area contributed by atoms with Crippen molar-refractivity contribution in [2.75, 3.05) is 0 Å². The predicted molar refractivity (Wildman–Crippen MR) is 227 cm³/mol. The van der Waals surface area contributed by atoms with Crippen LogP contribution >= 0.6 is 0 Å². The highest BCUT2D eigenvalue weighted by molar-refractivity contribution is 5.69. The molecule has 2 N–H and O–H groups in total. The summed E-state index contributed by atoms with van der Waals surface area (Å²) in [6, 6.07) is 0. The molecule has 0 heterocycles. The van der Waals surface area contributed by atoms with Gasteiger partial charge in [-0.3, -0.25) is 4.79 Å². The van der Waals surface area contributed by atoms with Gasteiger partial charge >= 0.3 is 5.97 Å². The van der Waals surface area contributed by atoms with Gasteiger partial charge in [-0.25, -0.2) is 0 Å². The lowest BCUT2D eigenvalue weighted by molar-refractivity contribution is -0.142. The molecular formula is C48H96O3. The lowest BCUT2D eigenvalue weighted by atomic mass is 9.94. The lowest BCUT2D eigenvalue weighted by Crippen LogP contribution is -2.13. The van der Waals surface area contributed by atoms with E-state index in [-0.39, 0.29) is 12.0 Å². The maximum Gasteiger partial charge on any atom is 0.306 e. The molecule has 2 atom stereocenters. The minimum Gasteiger partial charge on any atom is -0.481 e. The first-order valence-corrected chi connectivity index (χ1v) is 24.0. The van der Waals surface area contributed by atoms with E-state index in [1.165, 1.54) is 238 Å². The molecule has 0 saturated carbocycles. The van der Waals surface area contributed by atoms with E-state index in [9.17, 15) is 15.0 Å². The summed E-state index contributed by atoms with van der Waals surface area (Å²) in [5.41, 5.74) is 0. The Bertz CT molecular complexity index is 648. The molecule has 0 saturated heterocycles. The van der Waals surface area contributed by atoms with Crippen LogP contribution in [0.15, 0.2) is 0 Å². The predicted octanol–water partition coefficient (Wildman–Crippen LogP) is 16.9. The molecule has 2 unspecified atom stereocenters. The average Bonchev–Trinajstić information content (AvgIpc) is 3.12. The van der Waals surface area contributed by atoms with Crippen LogP contribution in [-0.2, 0) is 4.79 Å². The van der Waals surface area contributed by atoms with Gasteiger partial charge in [-0.1, -0.05) is 264 Å². The maximum absolute atomic E-state index is 11.8. The number of hydrogen-bond donors (Lipinski definition) is 2. The van der Waals surface area contributed by atoms with Gasteiger partial charge in [-0.15, -0.1) is 0 Å². The number of aliphatic hydroxyl groups is 1. The van der Waals surface area contributed by atoms with Crippen LogP contribution in [0.4, 0.5) is 0 Å². The van der Waals surface area contributed by atoms with E-state index in [0.717, 1.165) is 38.5 Å². The zero-order chi connectivity index (χ0) is 37.1. The second kappa shape index (κ2) is 43.8. The number of aliphatic hydroxyl groups excluding tert-OH is 1. The van der Waals surface area contributed by atoms with Gasteiger partial charge in [0.15, 0.2) is 0 Å². The van der Waals surface area contributed by atoms with Crippen LogP contribution in [0.3, 0.4) is 0 Å². The minimum absolute atomic E-state index is 0.0792. The fourth-order valence-electron chi connectivity index (χ4n) is 8.06. The van der Waals surface area contributed by atoms with Crippen LogP contribution < -0.4 is 0 Å². The summed E-state index contributed by atoms with van der Waals surface area (Å²) in [5, 5.41) is 19.8. The van der Waals surface area contributed by atoms with Crippen molar-refractivity contribution in [3.8, 4) is 0 Å². The molecule has 0 aromatic rings. The van der Waals surface area contributed by atoms with E-state index in [4.69, 9.17) is 0 Å². The highest BCUT2D eigenvalue weighted by atomic mass is 16.4. The minimum atomic E-state index is -0.569. The van der Waals surface area contributed by atoms with E-state index in [2.05, 4.69) is 13.8 Å². The monoisotopic (exact) mass is 721 g/mol. The molecule has 0 bridgehead atoms. The molecule has 0 aromatic carbocycles. The molecule has 0 aromatic heterocycles. The van der Waals surface area contributed by atoms with Crippen LogP contribution in [0.5, 0.6) is 0 Å². The number of unbranched alkanes of at least 4 members (excludes halogenated alkanes) is 36. The largest absolute Gasteiger partial charge is 0.481 e. The number of aliphatic carboxylic acids is 1. The number of carboxylic acids is 1. The molecule has 0 rings (SSSR count). The fraction of sp³-hybridized carbons (Fsp3) is 0.979. The summed E-state index contributed by atoms with van der Waals surface area (Å²) in [6.45, 7) is 4.53. The van der Waals surface area contributed by atoms with Crippen molar-refractivity contribution >= 4 is 5.97 Å². The van der Waals surface area contributed by atoms with E-state index < -0.39 is 5.97 Å². The van der Waals surface area contributed by atoms with Gasteiger partial charge in [0, 0.05) is 0 Å². The standard InChI is InChI=1S/C48H96O3/c1-3-5-7-9-10-11-12-13-14-15-16-17-18-19-20-21-22-23-24-25-26-27-29-32-35-38-42-46(48(50)51)43-39-36-33-30-28-31-34-37-41-45-47(49)44-40-8-6-4-2/h46-47,49H,3-45H2,1-2H3,(H,50,51). The van der Waals surface area contributed by atoms with Crippen molar-refractivity contribution in [3.63, 3.8) is 0 Å². The van der Waals surface area contributed by atoms with Gasteiger partial charge in [-0.05, 0) is 25.7 Å². The molecule has 0 aliphatic heterocycles. The first-order chi connectivity index (χ1) is 25.1. The van der Waals surface area contributed by atoms with Crippen molar-refractivity contribution in [1.82, 2.24) is 0 Å². The first-order valence-electron chi connectivity index (χ1n) is 24.0. The second-order valence-electron chi connectivity index (χ2n) is 16.9. The summed E-state index contributed by atoms with van der Waals surface area (Å²) < 4.78 is 0. The van der Waals surface area contributed by atoms with Crippen molar-refractivity contribution in [2.24, 2.45) is 5.92 Å². The van der Waals surface area contributed by atoms with Gasteiger partial charge in [0.25, 0.3) is 0 Å². The Labute approximate surface area is 322 Å². The molecule has 0 aliphatic rings. The molecule has 3 heteroatoms. The van der Waals surface area contributed by atoms with Crippen molar-refractivity contribution < 1.29 is 15.0 Å². The van der Waals surface area contributed by atoms with Gasteiger partial charge in [0.05, 0.1) is 12.0 Å². The third-order valence-corrected chi connectivity index (χ3v) is 11.7. The van der Waals surface area contributed by atoms with Crippen LogP contribution in [0.2, 0.25) is 0 Å². The molecule has 3 nitrogen and oxygen atoms in total. The summed E-state index contributed by atoms with van der Waals surface area (Å²) in [6.07, 6.45) is 56.4. The maximum atomic E-state index is 11.8. The molecule has 51 heavy (non-hydrogen) atoms. The van der Waals surface area contributed by atoms with E-state index in [0.29, 0.717) is 0 Å². The molecule has 0 fully saturated rings. The topological polar surface area (TPSA) is 57.5 Å². The molecule has 0 radical (unpaired) electrons. The Morgan fingerprint density at radius 2 is 0.490 bits per heavy atom. The van der Waals surface area contributed by atoms with Gasteiger partial charge < -0.3 is 10.2 Å². The van der Waals surface area contributed by atoms with Gasteiger partial charge in [0.2, 0.25) is 0 Å². The normalized spacial score (nSPS) is 12.8. The van der Waals surface area contributed by atoms with Crippen molar-refractivity contribution in [1.29, 1.82) is 0 Å². The third kappa shape index (κ3) is 42.0. The van der Waals surface area contributed by atoms with Gasteiger partial charge in [-0.2, -0.15) is 0 Å². The van der Waals surface area contributed by atoms with Crippen LogP contribution in [0.1, 0.15) is 290 Å². The molecule has 0 amide bonds. The van der Waals surface area contributed by atoms with Crippen molar-refractivity contribution in [3.05, 3.63) is 0 Å². The SMILES string of the molecule is CCCCCCCCCCCCCCCCCCCCCCCCCCCCC(CCCCCCCCCCCC(O)CCCCCC)C(=O)O. The van der Waals surface area contributed by atoms with Crippen LogP contribution in [-0.4, -0.2) is 22.3 Å². The number of rotatable bonds is 45. The Hall–Kier alpha value is -0.570. The Morgan fingerprint density at radius 3 is 0.706 bits per heavy atom. The lowest BCUT2D eigenvalue weighted by Gasteiger charge is -2.12. The number of carboxylic acid groups (broad SMARTS) is 1. The fourth-order valence-corrected chi connectivity index (χ4v) is 8.06. The molecule has 306 valence electrons. The van der Waals surface area contributed by atoms with Crippen LogP contribution in [0, 0.1) is 5.92 Å². The van der Waals surface area contributed by atoms with E-state index in [1.54, 1.807) is 0 Å². The quantitative estimate of drug-likeness (QED) is 0.0616. The highest BCUT2D eigenvalue weighted by Crippen LogP contribution is 2.21. The Kier molecular flexibility index (Phi) is 43.3. The van der Waals surface area contributed by atoms with Gasteiger partial charge in [0.1, 0.15) is 0 Å². The smallest absolute Gasteiger partial charge is 0.306 e.